The second kappa shape index (κ2) is 11.3. The molecule has 2 N–H and O–H groups in total. The van der Waals surface area contributed by atoms with E-state index >= 15 is 0 Å². The molecular weight excluding hydrogens is 415 g/mol. The summed E-state index contributed by atoms with van der Waals surface area (Å²) in [6, 6.07) is 13.5. The lowest BCUT2D eigenvalue weighted by atomic mass is 10.1. The first-order valence-electron chi connectivity index (χ1n) is 10.4. The number of benzene rings is 2. The lowest BCUT2D eigenvalue weighted by molar-refractivity contribution is -0.115. The molecule has 1 unspecified atom stereocenters. The lowest BCUT2D eigenvalue weighted by Gasteiger charge is -2.32. The molecule has 0 spiro atoms. The summed E-state index contributed by atoms with van der Waals surface area (Å²) in [4.78, 5) is 29.4. The maximum absolute atomic E-state index is 12.9. The zero-order valence-electron chi connectivity index (χ0n) is 17.9. The topological polar surface area (TPSA) is 64.7 Å². The first-order chi connectivity index (χ1) is 14.9. The maximum atomic E-state index is 12.9. The predicted octanol–water partition coefficient (Wildman–Crippen LogP) is 3.27. The van der Waals surface area contributed by atoms with E-state index in [0.717, 1.165) is 38.4 Å². The number of piperazine rings is 1. The molecule has 0 saturated carbocycles. The minimum atomic E-state index is -0.389. The smallest absolute Gasteiger partial charge is 0.237 e. The van der Waals surface area contributed by atoms with E-state index < -0.39 is 0 Å². The normalized spacial score (nSPS) is 16.0. The Hall–Kier alpha value is -2.42. The molecule has 2 aromatic rings. The van der Waals surface area contributed by atoms with Crippen LogP contribution in [0.25, 0.3) is 0 Å². The highest BCUT2D eigenvalue weighted by atomic mass is 32.2. The number of hydrogen-bond acceptors (Lipinski definition) is 5. The number of nitrogens with one attached hydrogen (secondary N) is 2. The molecule has 0 aromatic heterocycles. The number of halogens is 1. The maximum Gasteiger partial charge on any atom is 0.237 e. The fourth-order valence-electron chi connectivity index (χ4n) is 3.26. The van der Waals surface area contributed by atoms with Crippen molar-refractivity contribution in [1.82, 2.24) is 9.80 Å². The van der Waals surface area contributed by atoms with Crippen molar-refractivity contribution in [1.29, 1.82) is 0 Å². The van der Waals surface area contributed by atoms with E-state index in [0.29, 0.717) is 5.69 Å². The van der Waals surface area contributed by atoms with Gasteiger partial charge >= 0.3 is 0 Å². The van der Waals surface area contributed by atoms with Crippen LogP contribution in [0.3, 0.4) is 0 Å². The quantitative estimate of drug-likeness (QED) is 0.654. The predicted molar refractivity (Wildman–Crippen MR) is 125 cm³/mol. The number of likely N-dealkylation sites (N-methyl/N-ethyl adjacent to an activating group) is 1. The summed E-state index contributed by atoms with van der Waals surface area (Å²) in [5.74, 6) is -0.595. The van der Waals surface area contributed by atoms with E-state index in [2.05, 4.69) is 33.5 Å². The van der Waals surface area contributed by atoms with Gasteiger partial charge in [0, 0.05) is 44.1 Å². The van der Waals surface area contributed by atoms with Crippen LogP contribution in [0.5, 0.6) is 0 Å². The summed E-state index contributed by atoms with van der Waals surface area (Å²) in [5.41, 5.74) is 2.46. The Balaban J connectivity index is 1.44. The number of thioether (sulfide) groups is 1. The van der Waals surface area contributed by atoms with Crippen LogP contribution < -0.4 is 10.6 Å². The molecule has 1 atom stereocenters. The molecular formula is C23H29FN4O2S. The third-order valence-corrected chi connectivity index (χ3v) is 6.30. The Morgan fingerprint density at radius 1 is 1.03 bits per heavy atom. The van der Waals surface area contributed by atoms with Gasteiger partial charge in [-0.05, 0) is 55.9 Å². The zero-order valence-corrected chi connectivity index (χ0v) is 18.8. The van der Waals surface area contributed by atoms with Crippen molar-refractivity contribution in [3.8, 4) is 0 Å². The third kappa shape index (κ3) is 7.65. The van der Waals surface area contributed by atoms with Crippen molar-refractivity contribution in [2.24, 2.45) is 0 Å². The average Bonchev–Trinajstić information content (AvgIpc) is 2.75. The summed E-state index contributed by atoms with van der Waals surface area (Å²) in [6.45, 7) is 6.87. The zero-order chi connectivity index (χ0) is 22.2. The van der Waals surface area contributed by atoms with E-state index in [1.54, 1.807) is 6.92 Å². The molecule has 6 nitrogen and oxygen atoms in total. The SMILES string of the molecule is CC(SCC(=O)Nc1ccc(F)cc1)C(=O)Nc1cccc(CN2CCN(C)CC2)c1. The van der Waals surface area contributed by atoms with Gasteiger partial charge in [-0.15, -0.1) is 11.8 Å². The summed E-state index contributed by atoms with van der Waals surface area (Å²) < 4.78 is 12.9. The van der Waals surface area contributed by atoms with Gasteiger partial charge in [-0.1, -0.05) is 12.1 Å². The number of hydrogen-bond donors (Lipinski definition) is 2. The summed E-state index contributed by atoms with van der Waals surface area (Å²) in [5, 5.41) is 5.25. The number of nitrogens with zero attached hydrogens (tertiary/aromatic N) is 2. The molecule has 2 amide bonds. The van der Waals surface area contributed by atoms with Crippen LogP contribution >= 0.6 is 11.8 Å². The number of rotatable bonds is 8. The number of carbonyl (C=O) groups excluding carboxylic acids is 2. The van der Waals surface area contributed by atoms with Crippen LogP contribution in [0.15, 0.2) is 48.5 Å². The third-order valence-electron chi connectivity index (χ3n) is 5.16. The second-order valence-electron chi connectivity index (χ2n) is 7.78. The van der Waals surface area contributed by atoms with Gasteiger partial charge in [0.1, 0.15) is 5.82 Å². The summed E-state index contributed by atoms with van der Waals surface area (Å²) in [6.07, 6.45) is 0. The van der Waals surface area contributed by atoms with Crippen LogP contribution in [0.2, 0.25) is 0 Å². The Morgan fingerprint density at radius 2 is 1.74 bits per heavy atom. The summed E-state index contributed by atoms with van der Waals surface area (Å²) >= 11 is 1.26. The van der Waals surface area contributed by atoms with Gasteiger partial charge in [0.25, 0.3) is 0 Å². The summed E-state index contributed by atoms with van der Waals surface area (Å²) in [7, 11) is 2.14. The highest BCUT2D eigenvalue weighted by Gasteiger charge is 2.17. The molecule has 1 saturated heterocycles. The van der Waals surface area contributed by atoms with Gasteiger partial charge in [0.15, 0.2) is 0 Å². The minimum absolute atomic E-state index is 0.134. The van der Waals surface area contributed by atoms with Gasteiger partial charge in [-0.3, -0.25) is 14.5 Å². The number of carbonyl (C=O) groups is 2. The first kappa shape index (κ1) is 23.2. The fraction of sp³-hybridized carbons (Fsp3) is 0.391. The highest BCUT2D eigenvalue weighted by molar-refractivity contribution is 8.01. The van der Waals surface area contributed by atoms with Crippen molar-refractivity contribution in [2.45, 2.75) is 18.7 Å². The van der Waals surface area contributed by atoms with E-state index in [1.807, 2.05) is 18.2 Å². The first-order valence-corrected chi connectivity index (χ1v) is 11.4. The van der Waals surface area contributed by atoms with E-state index in [4.69, 9.17) is 0 Å². The van der Waals surface area contributed by atoms with Crippen LogP contribution in [0.1, 0.15) is 12.5 Å². The van der Waals surface area contributed by atoms with E-state index in [1.165, 1.54) is 41.6 Å². The van der Waals surface area contributed by atoms with E-state index in [9.17, 15) is 14.0 Å². The molecule has 0 bridgehead atoms. The van der Waals surface area contributed by atoms with Gasteiger partial charge in [0.05, 0.1) is 11.0 Å². The van der Waals surface area contributed by atoms with Crippen molar-refractivity contribution < 1.29 is 14.0 Å². The van der Waals surface area contributed by atoms with Crippen LogP contribution in [-0.4, -0.2) is 65.8 Å². The van der Waals surface area contributed by atoms with Crippen LogP contribution in [0, 0.1) is 5.82 Å². The Morgan fingerprint density at radius 3 is 2.45 bits per heavy atom. The van der Waals surface area contributed by atoms with Crippen molar-refractivity contribution in [2.75, 3.05) is 49.6 Å². The number of amides is 2. The molecule has 31 heavy (non-hydrogen) atoms. The molecule has 166 valence electrons. The Labute approximate surface area is 187 Å². The van der Waals surface area contributed by atoms with Gasteiger partial charge in [-0.2, -0.15) is 0 Å². The average molecular weight is 445 g/mol. The van der Waals surface area contributed by atoms with Gasteiger partial charge < -0.3 is 15.5 Å². The molecule has 1 aliphatic rings. The Kier molecular flexibility index (Phi) is 8.45. The van der Waals surface area contributed by atoms with Crippen molar-refractivity contribution >= 4 is 35.0 Å². The molecule has 0 radical (unpaired) electrons. The molecule has 1 fully saturated rings. The fourth-order valence-corrected chi connectivity index (χ4v) is 3.95. The lowest BCUT2D eigenvalue weighted by Crippen LogP contribution is -2.43. The van der Waals surface area contributed by atoms with Crippen LogP contribution in [-0.2, 0) is 16.1 Å². The van der Waals surface area contributed by atoms with Gasteiger partial charge in [0.2, 0.25) is 11.8 Å². The molecule has 8 heteroatoms. The monoisotopic (exact) mass is 444 g/mol. The molecule has 0 aliphatic carbocycles. The number of anilines is 2. The van der Waals surface area contributed by atoms with Crippen LogP contribution in [0.4, 0.5) is 15.8 Å². The molecule has 3 rings (SSSR count). The molecule has 2 aromatic carbocycles. The second-order valence-corrected chi connectivity index (χ2v) is 9.11. The molecule has 1 aliphatic heterocycles. The Bertz CT molecular complexity index is 885. The van der Waals surface area contributed by atoms with Crippen molar-refractivity contribution in [3.63, 3.8) is 0 Å². The largest absolute Gasteiger partial charge is 0.325 e. The minimum Gasteiger partial charge on any atom is -0.325 e. The highest BCUT2D eigenvalue weighted by Crippen LogP contribution is 2.18. The van der Waals surface area contributed by atoms with Gasteiger partial charge in [-0.25, -0.2) is 4.39 Å². The van der Waals surface area contributed by atoms with E-state index in [-0.39, 0.29) is 28.6 Å². The van der Waals surface area contributed by atoms with Crippen molar-refractivity contribution in [3.05, 3.63) is 59.9 Å². The standard InChI is InChI=1S/C23H29FN4O2S/c1-17(31-16-22(29)25-20-8-6-19(24)7-9-20)23(30)26-21-5-3-4-18(14-21)15-28-12-10-27(2)11-13-28/h3-9,14,17H,10-13,15-16H2,1-2H3,(H,25,29)(H,26,30). The molecule has 1 heterocycles.